The summed E-state index contributed by atoms with van der Waals surface area (Å²) in [6.07, 6.45) is 0. The number of esters is 1. The monoisotopic (exact) mass is 505 g/mol. The van der Waals surface area contributed by atoms with E-state index in [9.17, 15) is 14.7 Å². The third-order valence-corrected chi connectivity index (χ3v) is 6.35. The van der Waals surface area contributed by atoms with E-state index in [0.717, 1.165) is 0 Å². The number of anilines is 1. The molecule has 0 fully saturated rings. The number of ether oxygens (including phenoxy) is 2. The highest BCUT2D eigenvalue weighted by Crippen LogP contribution is 2.48. The minimum Gasteiger partial charge on any atom is -0.496 e. The van der Waals surface area contributed by atoms with Gasteiger partial charge in [0.2, 0.25) is 0 Å². The molecule has 1 aliphatic heterocycles. The molecule has 33 heavy (non-hydrogen) atoms. The molecule has 170 valence electrons. The molecule has 0 saturated carbocycles. The van der Waals surface area contributed by atoms with Crippen molar-refractivity contribution in [1.29, 1.82) is 0 Å². The minimum atomic E-state index is -2.18. The Morgan fingerprint density at radius 2 is 1.67 bits per heavy atom. The van der Waals surface area contributed by atoms with Crippen LogP contribution in [0.25, 0.3) is 0 Å². The maximum Gasteiger partial charge on any atom is 0.337 e. The van der Waals surface area contributed by atoms with Gasteiger partial charge >= 0.3 is 5.97 Å². The summed E-state index contributed by atoms with van der Waals surface area (Å²) in [6.45, 7) is 0.0877. The molecule has 1 aliphatic rings. The van der Waals surface area contributed by atoms with Crippen LogP contribution in [0, 0.1) is 0 Å². The number of rotatable bonds is 5. The number of fused-ring (bicyclic) bond motifs is 1. The first-order chi connectivity index (χ1) is 15.7. The highest BCUT2D eigenvalue weighted by Gasteiger charge is 2.52. The quantitative estimate of drug-likeness (QED) is 0.480. The molecule has 0 bridgehead atoms. The number of methoxy groups -OCH3 is 2. The van der Waals surface area contributed by atoms with Crippen molar-refractivity contribution in [1.82, 2.24) is 0 Å². The molecule has 1 heterocycles. The van der Waals surface area contributed by atoms with E-state index in [1.807, 2.05) is 0 Å². The van der Waals surface area contributed by atoms with E-state index in [2.05, 4.69) is 0 Å². The summed E-state index contributed by atoms with van der Waals surface area (Å²) in [6, 6.07) is 14.1. The SMILES string of the molecule is COC(=O)c1ccc(Cl)c(C2(O)C(=O)N(Cc3ccc(Cl)cc3OC)c3ccc(Cl)cc32)c1. The lowest BCUT2D eigenvalue weighted by atomic mass is 9.86. The molecule has 0 aliphatic carbocycles. The third-order valence-electron chi connectivity index (χ3n) is 5.55. The van der Waals surface area contributed by atoms with Gasteiger partial charge in [-0.3, -0.25) is 4.79 Å². The van der Waals surface area contributed by atoms with Crippen molar-refractivity contribution in [2.24, 2.45) is 0 Å². The number of carbonyl (C=O) groups is 2. The van der Waals surface area contributed by atoms with E-state index >= 15 is 0 Å². The Labute approximate surface area is 205 Å². The van der Waals surface area contributed by atoms with Crippen LogP contribution < -0.4 is 9.64 Å². The normalized spacial score (nSPS) is 17.2. The van der Waals surface area contributed by atoms with Crippen LogP contribution in [-0.2, 0) is 21.7 Å². The summed E-state index contributed by atoms with van der Waals surface area (Å²) in [7, 11) is 2.74. The number of benzene rings is 3. The average molecular weight is 507 g/mol. The molecule has 3 aromatic rings. The smallest absolute Gasteiger partial charge is 0.337 e. The topological polar surface area (TPSA) is 76.1 Å². The van der Waals surface area contributed by atoms with Gasteiger partial charge < -0.3 is 19.5 Å². The number of carbonyl (C=O) groups excluding carboxylic acids is 2. The second-order valence-corrected chi connectivity index (χ2v) is 8.69. The van der Waals surface area contributed by atoms with Gasteiger partial charge in [0.1, 0.15) is 5.75 Å². The number of hydrogen-bond donors (Lipinski definition) is 1. The van der Waals surface area contributed by atoms with Gasteiger partial charge in [-0.2, -0.15) is 0 Å². The van der Waals surface area contributed by atoms with E-state index in [4.69, 9.17) is 44.3 Å². The van der Waals surface area contributed by atoms with Crippen LogP contribution in [0.1, 0.15) is 27.0 Å². The van der Waals surface area contributed by atoms with E-state index in [0.29, 0.717) is 27.0 Å². The van der Waals surface area contributed by atoms with Gasteiger partial charge in [-0.05, 0) is 48.5 Å². The van der Waals surface area contributed by atoms with Crippen LogP contribution in [0.3, 0.4) is 0 Å². The van der Waals surface area contributed by atoms with Crippen molar-refractivity contribution in [3.8, 4) is 5.75 Å². The molecule has 1 atom stereocenters. The molecule has 0 radical (unpaired) electrons. The Bertz CT molecular complexity index is 1280. The molecule has 6 nitrogen and oxygen atoms in total. The van der Waals surface area contributed by atoms with E-state index < -0.39 is 17.5 Å². The van der Waals surface area contributed by atoms with Crippen molar-refractivity contribution in [3.63, 3.8) is 0 Å². The summed E-state index contributed by atoms with van der Waals surface area (Å²) in [5.74, 6) is -0.788. The fraction of sp³-hybridized carbons (Fsp3) is 0.167. The van der Waals surface area contributed by atoms with Gasteiger partial charge in [0.15, 0.2) is 5.60 Å². The third kappa shape index (κ3) is 3.93. The van der Waals surface area contributed by atoms with Gasteiger partial charge in [0, 0.05) is 31.8 Å². The molecule has 9 heteroatoms. The zero-order valence-electron chi connectivity index (χ0n) is 17.6. The lowest BCUT2D eigenvalue weighted by molar-refractivity contribution is -0.132. The van der Waals surface area contributed by atoms with E-state index in [1.165, 1.54) is 43.4 Å². The first-order valence-electron chi connectivity index (χ1n) is 9.75. The Morgan fingerprint density at radius 1 is 0.970 bits per heavy atom. The lowest BCUT2D eigenvalue weighted by Crippen LogP contribution is -2.41. The van der Waals surface area contributed by atoms with Crippen molar-refractivity contribution in [2.45, 2.75) is 12.1 Å². The maximum absolute atomic E-state index is 13.8. The van der Waals surface area contributed by atoms with Crippen molar-refractivity contribution in [2.75, 3.05) is 19.1 Å². The molecule has 4 rings (SSSR count). The Morgan fingerprint density at radius 3 is 2.36 bits per heavy atom. The number of nitrogens with zero attached hydrogens (tertiary/aromatic N) is 1. The van der Waals surface area contributed by atoms with Crippen molar-refractivity contribution in [3.05, 3.63) is 91.9 Å². The van der Waals surface area contributed by atoms with Crippen LogP contribution in [-0.4, -0.2) is 31.2 Å². The number of halogens is 3. The first kappa shape index (κ1) is 23.4. The van der Waals surface area contributed by atoms with Gasteiger partial charge in [-0.15, -0.1) is 0 Å². The largest absolute Gasteiger partial charge is 0.496 e. The van der Waals surface area contributed by atoms with Crippen LogP contribution in [0.5, 0.6) is 5.75 Å². The predicted molar refractivity (Wildman–Crippen MR) is 126 cm³/mol. The van der Waals surface area contributed by atoms with Crippen LogP contribution in [0.15, 0.2) is 54.6 Å². The fourth-order valence-electron chi connectivity index (χ4n) is 3.94. The Hall–Kier alpha value is -2.77. The van der Waals surface area contributed by atoms with Gasteiger partial charge in [-0.1, -0.05) is 40.9 Å². The summed E-state index contributed by atoms with van der Waals surface area (Å²) >= 11 is 18.7. The van der Waals surface area contributed by atoms with E-state index in [-0.39, 0.29) is 28.3 Å². The van der Waals surface area contributed by atoms with Crippen LogP contribution >= 0.6 is 34.8 Å². The average Bonchev–Trinajstić information content (AvgIpc) is 3.01. The summed E-state index contributed by atoms with van der Waals surface area (Å²) in [4.78, 5) is 27.3. The van der Waals surface area contributed by atoms with Crippen molar-refractivity contribution >= 4 is 52.4 Å². The zero-order valence-corrected chi connectivity index (χ0v) is 19.8. The number of hydrogen-bond acceptors (Lipinski definition) is 5. The molecular weight excluding hydrogens is 489 g/mol. The zero-order chi connectivity index (χ0) is 23.9. The van der Waals surface area contributed by atoms with Crippen LogP contribution in [0.4, 0.5) is 5.69 Å². The van der Waals surface area contributed by atoms with Gasteiger partial charge in [-0.25, -0.2) is 4.79 Å². The second-order valence-electron chi connectivity index (χ2n) is 7.41. The number of amides is 1. The molecule has 0 saturated heterocycles. The highest BCUT2D eigenvalue weighted by atomic mass is 35.5. The van der Waals surface area contributed by atoms with Gasteiger partial charge in [0.25, 0.3) is 5.91 Å². The summed E-state index contributed by atoms with van der Waals surface area (Å²) in [5, 5.41) is 12.8. The van der Waals surface area contributed by atoms with Crippen molar-refractivity contribution < 1.29 is 24.2 Å². The standard InChI is InChI=1S/C24H18Cl3NO5/c1-32-21-11-16(26)5-3-14(21)12-28-20-8-6-15(25)10-18(20)24(31,23(28)30)17-9-13(22(29)33-2)4-7-19(17)27/h3-11,31H,12H2,1-2H3. The first-order valence-corrected chi connectivity index (χ1v) is 10.9. The second kappa shape index (κ2) is 8.88. The molecule has 1 amide bonds. The Balaban J connectivity index is 1.88. The predicted octanol–water partition coefficient (Wildman–Crippen LogP) is 5.22. The maximum atomic E-state index is 13.8. The Kier molecular flexibility index (Phi) is 6.29. The van der Waals surface area contributed by atoms with E-state index in [1.54, 1.807) is 30.3 Å². The minimum absolute atomic E-state index is 0.0474. The molecule has 0 spiro atoms. The molecule has 1 unspecified atom stereocenters. The highest BCUT2D eigenvalue weighted by molar-refractivity contribution is 6.33. The fourth-order valence-corrected chi connectivity index (χ4v) is 4.53. The molecular formula is C24H18Cl3NO5. The summed E-state index contributed by atoms with van der Waals surface area (Å²) < 4.78 is 10.2. The molecule has 0 aromatic heterocycles. The molecule has 1 N–H and O–H groups in total. The van der Waals surface area contributed by atoms with Gasteiger partial charge in [0.05, 0.1) is 32.0 Å². The number of aliphatic hydroxyl groups is 1. The van der Waals surface area contributed by atoms with Crippen LogP contribution in [0.2, 0.25) is 15.1 Å². The summed E-state index contributed by atoms with van der Waals surface area (Å²) in [5.41, 5.74) is -0.623. The lowest BCUT2D eigenvalue weighted by Gasteiger charge is -2.25. The molecule has 3 aromatic carbocycles.